The van der Waals surface area contributed by atoms with Gasteiger partial charge in [0.25, 0.3) is 0 Å². The van der Waals surface area contributed by atoms with Gasteiger partial charge in [0.1, 0.15) is 0 Å². The van der Waals surface area contributed by atoms with Crippen molar-refractivity contribution in [3.63, 3.8) is 0 Å². The van der Waals surface area contributed by atoms with E-state index in [1.807, 2.05) is 0 Å². The minimum atomic E-state index is 0.472. The van der Waals surface area contributed by atoms with E-state index in [2.05, 4.69) is 56.7 Å². The Labute approximate surface area is 120 Å². The van der Waals surface area contributed by atoms with Gasteiger partial charge in [0, 0.05) is 22.4 Å². The molecule has 18 heavy (non-hydrogen) atoms. The molecular formula is C14H15BrN2S. The van der Waals surface area contributed by atoms with Crippen LogP contribution in [0.1, 0.15) is 34.3 Å². The molecule has 0 fully saturated rings. The Morgan fingerprint density at radius 1 is 1.50 bits per heavy atom. The standard InChI is InChI=1S/C14H15BrN2S/c1-9-17-12(8-18-9)7-16-14-5-3-10-2-4-11(15)6-13(10)14/h2,4,6,8,14,16H,3,5,7H2,1H3. The van der Waals surface area contributed by atoms with E-state index in [0.717, 1.165) is 17.2 Å². The topological polar surface area (TPSA) is 24.9 Å². The summed E-state index contributed by atoms with van der Waals surface area (Å²) >= 11 is 5.27. The van der Waals surface area contributed by atoms with Crippen molar-refractivity contribution < 1.29 is 0 Å². The van der Waals surface area contributed by atoms with Crippen molar-refractivity contribution in [1.82, 2.24) is 10.3 Å². The summed E-state index contributed by atoms with van der Waals surface area (Å²) in [6.45, 7) is 2.91. The predicted molar refractivity (Wildman–Crippen MR) is 78.9 cm³/mol. The highest BCUT2D eigenvalue weighted by molar-refractivity contribution is 9.10. The summed E-state index contributed by atoms with van der Waals surface area (Å²) < 4.78 is 1.17. The number of benzene rings is 1. The van der Waals surface area contributed by atoms with E-state index in [4.69, 9.17) is 0 Å². The largest absolute Gasteiger partial charge is 0.304 e. The maximum atomic E-state index is 4.49. The van der Waals surface area contributed by atoms with Gasteiger partial charge in [0.2, 0.25) is 0 Å². The van der Waals surface area contributed by atoms with E-state index < -0.39 is 0 Å². The summed E-state index contributed by atoms with van der Waals surface area (Å²) in [5, 5.41) is 6.90. The molecule has 1 aromatic carbocycles. The van der Waals surface area contributed by atoms with Crippen molar-refractivity contribution in [2.45, 2.75) is 32.4 Å². The zero-order chi connectivity index (χ0) is 12.5. The number of thiazole rings is 1. The Bertz CT molecular complexity index is 565. The lowest BCUT2D eigenvalue weighted by atomic mass is 10.1. The number of aromatic nitrogens is 1. The van der Waals surface area contributed by atoms with Crippen LogP contribution in [-0.2, 0) is 13.0 Å². The van der Waals surface area contributed by atoms with E-state index in [-0.39, 0.29) is 0 Å². The van der Waals surface area contributed by atoms with Crippen molar-refractivity contribution in [2.24, 2.45) is 0 Å². The van der Waals surface area contributed by atoms with E-state index in [0.29, 0.717) is 6.04 Å². The first-order valence-corrected chi connectivity index (χ1v) is 7.82. The molecule has 0 saturated heterocycles. The Morgan fingerprint density at radius 3 is 3.17 bits per heavy atom. The highest BCUT2D eigenvalue weighted by Gasteiger charge is 2.22. The molecule has 1 unspecified atom stereocenters. The van der Waals surface area contributed by atoms with E-state index in [1.165, 1.54) is 28.4 Å². The normalized spacial score (nSPS) is 18.0. The maximum absolute atomic E-state index is 4.49. The molecule has 1 aromatic heterocycles. The van der Waals surface area contributed by atoms with Gasteiger partial charge in [-0.15, -0.1) is 11.3 Å². The summed E-state index contributed by atoms with van der Waals surface area (Å²) in [6.07, 6.45) is 2.37. The molecule has 0 saturated carbocycles. The molecule has 1 N–H and O–H groups in total. The van der Waals surface area contributed by atoms with Gasteiger partial charge in [-0.3, -0.25) is 0 Å². The van der Waals surface area contributed by atoms with Gasteiger partial charge in [-0.05, 0) is 43.0 Å². The first-order valence-electron chi connectivity index (χ1n) is 6.15. The monoisotopic (exact) mass is 322 g/mol. The van der Waals surface area contributed by atoms with E-state index >= 15 is 0 Å². The molecule has 0 amide bonds. The predicted octanol–water partition coefficient (Wildman–Crippen LogP) is 3.99. The molecule has 1 heterocycles. The zero-order valence-electron chi connectivity index (χ0n) is 10.2. The van der Waals surface area contributed by atoms with E-state index in [1.54, 1.807) is 11.3 Å². The third-order valence-corrected chi connectivity index (χ3v) is 4.70. The number of hydrogen-bond acceptors (Lipinski definition) is 3. The third-order valence-electron chi connectivity index (χ3n) is 3.38. The van der Waals surface area contributed by atoms with Crippen LogP contribution in [0.15, 0.2) is 28.1 Å². The quantitative estimate of drug-likeness (QED) is 0.924. The number of halogens is 1. The number of fused-ring (bicyclic) bond motifs is 1. The van der Waals surface area contributed by atoms with Crippen LogP contribution in [0, 0.1) is 6.92 Å². The first kappa shape index (κ1) is 12.3. The van der Waals surface area contributed by atoms with Crippen LogP contribution in [0.25, 0.3) is 0 Å². The molecule has 1 aliphatic rings. The fourth-order valence-electron chi connectivity index (χ4n) is 2.50. The summed E-state index contributed by atoms with van der Waals surface area (Å²) in [5.41, 5.74) is 4.07. The highest BCUT2D eigenvalue weighted by atomic mass is 79.9. The average Bonchev–Trinajstić information content (AvgIpc) is 2.93. The van der Waals surface area contributed by atoms with Crippen LogP contribution in [-0.4, -0.2) is 4.98 Å². The number of nitrogens with zero attached hydrogens (tertiary/aromatic N) is 1. The summed E-state index contributed by atoms with van der Waals surface area (Å²) in [6, 6.07) is 7.07. The molecule has 2 aromatic rings. The second-order valence-corrected chi connectivity index (χ2v) is 6.65. The lowest BCUT2D eigenvalue weighted by Crippen LogP contribution is -2.18. The second-order valence-electron chi connectivity index (χ2n) is 4.67. The molecule has 1 aliphatic carbocycles. The summed E-state index contributed by atoms with van der Waals surface area (Å²) in [4.78, 5) is 4.49. The molecule has 94 valence electrons. The molecule has 1 atom stereocenters. The Morgan fingerprint density at radius 2 is 2.39 bits per heavy atom. The molecule has 0 bridgehead atoms. The van der Waals surface area contributed by atoms with Crippen molar-refractivity contribution >= 4 is 27.3 Å². The Balaban J connectivity index is 1.71. The minimum Gasteiger partial charge on any atom is -0.304 e. The molecule has 4 heteroatoms. The van der Waals surface area contributed by atoms with E-state index in [9.17, 15) is 0 Å². The average molecular weight is 323 g/mol. The SMILES string of the molecule is Cc1nc(CNC2CCc3ccc(Br)cc32)cs1. The van der Waals surface area contributed by atoms with Crippen molar-refractivity contribution in [3.8, 4) is 0 Å². The van der Waals surface area contributed by atoms with Crippen molar-refractivity contribution in [1.29, 1.82) is 0 Å². The maximum Gasteiger partial charge on any atom is 0.0897 e. The molecule has 0 aliphatic heterocycles. The zero-order valence-corrected chi connectivity index (χ0v) is 12.6. The summed E-state index contributed by atoms with van der Waals surface area (Å²) in [7, 11) is 0. The van der Waals surface area contributed by atoms with Gasteiger partial charge < -0.3 is 5.32 Å². The van der Waals surface area contributed by atoms with Gasteiger partial charge in [-0.25, -0.2) is 4.98 Å². The number of hydrogen-bond donors (Lipinski definition) is 1. The van der Waals surface area contributed by atoms with Crippen LogP contribution in [0.3, 0.4) is 0 Å². The lowest BCUT2D eigenvalue weighted by molar-refractivity contribution is 0.526. The molecular weight excluding hydrogens is 308 g/mol. The van der Waals surface area contributed by atoms with Gasteiger partial charge in [0.05, 0.1) is 10.7 Å². The van der Waals surface area contributed by atoms with Crippen LogP contribution in [0.5, 0.6) is 0 Å². The van der Waals surface area contributed by atoms with Crippen molar-refractivity contribution in [3.05, 3.63) is 49.9 Å². The minimum absolute atomic E-state index is 0.472. The fraction of sp³-hybridized carbons (Fsp3) is 0.357. The highest BCUT2D eigenvalue weighted by Crippen LogP contribution is 2.33. The van der Waals surface area contributed by atoms with Crippen LogP contribution < -0.4 is 5.32 Å². The first-order chi connectivity index (χ1) is 8.72. The van der Waals surface area contributed by atoms with Crippen molar-refractivity contribution in [2.75, 3.05) is 0 Å². The Kier molecular flexibility index (Phi) is 3.50. The number of aryl methyl sites for hydroxylation is 2. The fourth-order valence-corrected chi connectivity index (χ4v) is 3.49. The van der Waals surface area contributed by atoms with Crippen LogP contribution in [0.2, 0.25) is 0 Å². The molecule has 3 rings (SSSR count). The molecule has 0 radical (unpaired) electrons. The number of nitrogens with one attached hydrogen (secondary N) is 1. The number of rotatable bonds is 3. The molecule has 2 nitrogen and oxygen atoms in total. The second kappa shape index (κ2) is 5.11. The van der Waals surface area contributed by atoms with Gasteiger partial charge in [0.15, 0.2) is 0 Å². The molecule has 0 spiro atoms. The third kappa shape index (κ3) is 2.51. The van der Waals surface area contributed by atoms with Gasteiger partial charge in [-0.2, -0.15) is 0 Å². The van der Waals surface area contributed by atoms with Gasteiger partial charge in [-0.1, -0.05) is 22.0 Å². The van der Waals surface area contributed by atoms with Gasteiger partial charge >= 0.3 is 0 Å². The lowest BCUT2D eigenvalue weighted by Gasteiger charge is -2.13. The Hall–Kier alpha value is -0.710. The smallest absolute Gasteiger partial charge is 0.0897 e. The van der Waals surface area contributed by atoms with Crippen LogP contribution in [0.4, 0.5) is 0 Å². The summed E-state index contributed by atoms with van der Waals surface area (Å²) in [5.74, 6) is 0. The van der Waals surface area contributed by atoms with Crippen LogP contribution >= 0.6 is 27.3 Å².